The van der Waals surface area contributed by atoms with Crippen LogP contribution in [0.15, 0.2) is 0 Å². The molecule has 4 N–H and O–H groups in total. The minimum atomic E-state index is -0.000659. The lowest BCUT2D eigenvalue weighted by atomic mass is 10.1. The molecule has 0 aromatic heterocycles. The van der Waals surface area contributed by atoms with Gasteiger partial charge in [0.05, 0.1) is 6.61 Å². The van der Waals surface area contributed by atoms with E-state index in [-0.39, 0.29) is 24.0 Å². The van der Waals surface area contributed by atoms with Crippen LogP contribution in [0, 0.1) is 11.3 Å². The van der Waals surface area contributed by atoms with Crippen molar-refractivity contribution in [3.05, 3.63) is 0 Å². The molecule has 0 saturated heterocycles. The van der Waals surface area contributed by atoms with Crippen molar-refractivity contribution in [2.45, 2.75) is 38.1 Å². The summed E-state index contributed by atoms with van der Waals surface area (Å²) in [5.41, 5.74) is 5.86. The van der Waals surface area contributed by atoms with Crippen molar-refractivity contribution in [3.63, 3.8) is 0 Å². The van der Waals surface area contributed by atoms with Crippen molar-refractivity contribution < 1.29 is 9.90 Å². The van der Waals surface area contributed by atoms with Gasteiger partial charge in [0, 0.05) is 24.4 Å². The minimum Gasteiger partial charge on any atom is -0.396 e. The number of carbonyl (C=O) groups excluding carboxylic acids is 1. The number of rotatable bonds is 6. The second kappa shape index (κ2) is 4.10. The molecule has 1 amide bonds. The van der Waals surface area contributed by atoms with E-state index in [4.69, 9.17) is 10.8 Å². The molecule has 0 radical (unpaired) electrons. The van der Waals surface area contributed by atoms with E-state index in [1.165, 1.54) is 12.8 Å². The van der Waals surface area contributed by atoms with Crippen LogP contribution in [0.2, 0.25) is 0 Å². The van der Waals surface area contributed by atoms with Gasteiger partial charge in [0.15, 0.2) is 0 Å². The third kappa shape index (κ3) is 2.92. The first-order valence-corrected chi connectivity index (χ1v) is 5.78. The Morgan fingerprint density at radius 3 is 2.67 bits per heavy atom. The number of amides is 1. The lowest BCUT2D eigenvalue weighted by molar-refractivity contribution is -0.121. The maximum absolute atomic E-state index is 11.5. The van der Waals surface area contributed by atoms with Gasteiger partial charge in [-0.05, 0) is 31.6 Å². The Balaban J connectivity index is 1.63. The van der Waals surface area contributed by atoms with Crippen molar-refractivity contribution >= 4 is 5.91 Å². The third-order valence-electron chi connectivity index (χ3n) is 3.60. The Labute approximate surface area is 90.2 Å². The minimum absolute atomic E-state index is 0.000659. The van der Waals surface area contributed by atoms with E-state index in [1.807, 2.05) is 0 Å². The van der Waals surface area contributed by atoms with E-state index < -0.39 is 0 Å². The molecular formula is C11H20N2O2. The molecule has 1 unspecified atom stereocenters. The third-order valence-corrected chi connectivity index (χ3v) is 3.60. The molecule has 4 heteroatoms. The van der Waals surface area contributed by atoms with Crippen LogP contribution in [0.5, 0.6) is 0 Å². The highest BCUT2D eigenvalue weighted by molar-refractivity contribution is 5.76. The summed E-state index contributed by atoms with van der Waals surface area (Å²) in [7, 11) is 0. The van der Waals surface area contributed by atoms with Crippen LogP contribution in [-0.4, -0.2) is 30.2 Å². The predicted octanol–water partition coefficient (Wildman–Crippen LogP) is 0.00250. The summed E-state index contributed by atoms with van der Waals surface area (Å²) in [5.74, 6) is 0.609. The molecule has 1 atom stereocenters. The molecule has 0 bridgehead atoms. The second-order valence-electron chi connectivity index (χ2n) is 5.14. The smallest absolute Gasteiger partial charge is 0.221 e. The maximum atomic E-state index is 11.5. The summed E-state index contributed by atoms with van der Waals surface area (Å²) in [4.78, 5) is 11.5. The summed E-state index contributed by atoms with van der Waals surface area (Å²) in [5, 5.41) is 11.9. The SMILES string of the molecule is NC(CC(=O)NCC1(CO)CC1)C1CC1. The summed E-state index contributed by atoms with van der Waals surface area (Å²) in [6.45, 7) is 0.793. The molecule has 2 saturated carbocycles. The highest BCUT2D eigenvalue weighted by Gasteiger charge is 2.42. The van der Waals surface area contributed by atoms with Crippen molar-refractivity contribution in [1.29, 1.82) is 0 Å². The Bertz CT molecular complexity index is 247. The number of nitrogens with two attached hydrogens (primary N) is 1. The van der Waals surface area contributed by atoms with Crippen LogP contribution in [0.4, 0.5) is 0 Å². The Morgan fingerprint density at radius 2 is 2.20 bits per heavy atom. The normalized spacial score (nSPS) is 24.7. The largest absolute Gasteiger partial charge is 0.396 e. The van der Waals surface area contributed by atoms with Crippen LogP contribution < -0.4 is 11.1 Å². The monoisotopic (exact) mass is 212 g/mol. The van der Waals surface area contributed by atoms with Gasteiger partial charge < -0.3 is 16.2 Å². The molecule has 4 nitrogen and oxygen atoms in total. The van der Waals surface area contributed by atoms with Crippen molar-refractivity contribution in [1.82, 2.24) is 5.32 Å². The van der Waals surface area contributed by atoms with Gasteiger partial charge >= 0.3 is 0 Å². The van der Waals surface area contributed by atoms with Gasteiger partial charge in [-0.1, -0.05) is 0 Å². The van der Waals surface area contributed by atoms with Gasteiger partial charge in [0.1, 0.15) is 0 Å². The first-order chi connectivity index (χ1) is 7.15. The van der Waals surface area contributed by atoms with Crippen LogP contribution in [0.1, 0.15) is 32.1 Å². The maximum Gasteiger partial charge on any atom is 0.221 e. The first kappa shape index (κ1) is 10.9. The summed E-state index contributed by atoms with van der Waals surface area (Å²) in [6.07, 6.45) is 4.84. The zero-order valence-corrected chi connectivity index (χ0v) is 9.04. The first-order valence-electron chi connectivity index (χ1n) is 5.78. The number of hydrogen-bond acceptors (Lipinski definition) is 3. The molecule has 2 rings (SSSR count). The zero-order valence-electron chi connectivity index (χ0n) is 9.04. The van der Waals surface area contributed by atoms with Crippen molar-refractivity contribution in [2.75, 3.05) is 13.2 Å². The van der Waals surface area contributed by atoms with Gasteiger partial charge in [0.2, 0.25) is 5.91 Å². The summed E-state index contributed by atoms with van der Waals surface area (Å²) >= 11 is 0. The van der Waals surface area contributed by atoms with Gasteiger partial charge in [-0.3, -0.25) is 4.79 Å². The fourth-order valence-corrected chi connectivity index (χ4v) is 1.83. The molecule has 2 fully saturated rings. The van der Waals surface area contributed by atoms with Crippen molar-refractivity contribution in [3.8, 4) is 0 Å². The summed E-state index contributed by atoms with van der Waals surface area (Å²) < 4.78 is 0. The van der Waals surface area contributed by atoms with Crippen LogP contribution in [-0.2, 0) is 4.79 Å². The van der Waals surface area contributed by atoms with Crippen LogP contribution in [0.3, 0.4) is 0 Å². The fourth-order valence-electron chi connectivity index (χ4n) is 1.83. The van der Waals surface area contributed by atoms with Gasteiger partial charge in [0.25, 0.3) is 0 Å². The molecule has 0 aromatic carbocycles. The standard InChI is InChI=1S/C11H20N2O2/c12-9(8-1-2-8)5-10(15)13-6-11(7-14)3-4-11/h8-9,14H,1-7,12H2,(H,13,15). The molecule has 2 aliphatic carbocycles. The van der Waals surface area contributed by atoms with Gasteiger partial charge in [-0.15, -0.1) is 0 Å². The zero-order chi connectivity index (χ0) is 10.9. The quantitative estimate of drug-likeness (QED) is 0.580. The average Bonchev–Trinajstić information content (AvgIpc) is 3.08. The Morgan fingerprint density at radius 1 is 1.53 bits per heavy atom. The Kier molecular flexibility index (Phi) is 2.98. The average molecular weight is 212 g/mol. The molecule has 15 heavy (non-hydrogen) atoms. The highest BCUT2D eigenvalue weighted by atomic mass is 16.3. The molecule has 0 aromatic rings. The molecule has 0 heterocycles. The van der Waals surface area contributed by atoms with Crippen LogP contribution >= 0.6 is 0 Å². The van der Waals surface area contributed by atoms with Crippen LogP contribution in [0.25, 0.3) is 0 Å². The Hall–Kier alpha value is -0.610. The molecule has 0 spiro atoms. The van der Waals surface area contributed by atoms with E-state index in [2.05, 4.69) is 5.32 Å². The highest BCUT2D eigenvalue weighted by Crippen LogP contribution is 2.44. The number of aliphatic hydroxyl groups excluding tert-OH is 1. The second-order valence-corrected chi connectivity index (χ2v) is 5.14. The van der Waals surface area contributed by atoms with Crippen molar-refractivity contribution in [2.24, 2.45) is 17.1 Å². The lowest BCUT2D eigenvalue weighted by Gasteiger charge is -2.14. The van der Waals surface area contributed by atoms with E-state index in [0.29, 0.717) is 18.9 Å². The summed E-state index contributed by atoms with van der Waals surface area (Å²) in [6, 6.07) is 0.0364. The van der Waals surface area contributed by atoms with E-state index in [1.54, 1.807) is 0 Å². The predicted molar refractivity (Wildman–Crippen MR) is 57.1 cm³/mol. The number of aliphatic hydroxyl groups is 1. The van der Waals surface area contributed by atoms with E-state index in [9.17, 15) is 4.79 Å². The van der Waals surface area contributed by atoms with Gasteiger partial charge in [-0.2, -0.15) is 0 Å². The van der Waals surface area contributed by atoms with Gasteiger partial charge in [-0.25, -0.2) is 0 Å². The number of hydrogen-bond donors (Lipinski definition) is 3. The lowest BCUT2D eigenvalue weighted by Crippen LogP contribution is -2.36. The number of nitrogens with one attached hydrogen (secondary N) is 1. The topological polar surface area (TPSA) is 75.4 Å². The molecule has 2 aliphatic rings. The van der Waals surface area contributed by atoms with E-state index in [0.717, 1.165) is 12.8 Å². The van der Waals surface area contributed by atoms with E-state index >= 15 is 0 Å². The molecule has 0 aliphatic heterocycles. The fraction of sp³-hybridized carbons (Fsp3) is 0.909. The molecular weight excluding hydrogens is 192 g/mol. The molecule has 86 valence electrons. The number of carbonyl (C=O) groups is 1.